The van der Waals surface area contributed by atoms with Crippen molar-refractivity contribution >= 4 is 29.3 Å². The molecule has 0 radical (unpaired) electrons. The zero-order chi connectivity index (χ0) is 34.2. The number of amides is 2. The number of carbonyl (C=O) groups excluding carboxylic acids is 3. The molecule has 0 saturated carbocycles. The Labute approximate surface area is 279 Å². The molecule has 2 heterocycles. The Bertz CT molecular complexity index is 1730. The number of methoxy groups -OCH3 is 2. The van der Waals surface area contributed by atoms with Gasteiger partial charge >= 0.3 is 6.03 Å². The smallest absolute Gasteiger partial charge is 0.330 e. The summed E-state index contributed by atoms with van der Waals surface area (Å²) in [5.41, 5.74) is 0.197. The van der Waals surface area contributed by atoms with Crippen molar-refractivity contribution in [3.05, 3.63) is 131 Å². The van der Waals surface area contributed by atoms with Crippen molar-refractivity contribution < 1.29 is 23.9 Å². The molecule has 4 aromatic rings. The van der Waals surface area contributed by atoms with Crippen molar-refractivity contribution in [1.29, 1.82) is 10.8 Å². The second-order valence-corrected chi connectivity index (χ2v) is 12.1. The number of nitrogens with one attached hydrogen (secondary N) is 3. The molecule has 2 fully saturated rings. The van der Waals surface area contributed by atoms with Crippen LogP contribution in [0.5, 0.6) is 11.5 Å². The van der Waals surface area contributed by atoms with Gasteiger partial charge in [-0.3, -0.25) is 30.2 Å². The number of ketones is 2. The minimum Gasteiger partial charge on any atom is -0.497 e. The van der Waals surface area contributed by atoms with E-state index < -0.39 is 35.4 Å². The molecule has 2 saturated heterocycles. The summed E-state index contributed by atoms with van der Waals surface area (Å²) in [5, 5.41) is 23.2. The van der Waals surface area contributed by atoms with Gasteiger partial charge in [0, 0.05) is 37.3 Å². The van der Waals surface area contributed by atoms with Crippen LogP contribution in [0.1, 0.15) is 43.9 Å². The topological polar surface area (TPSA) is 136 Å². The molecule has 6 rings (SSSR count). The van der Waals surface area contributed by atoms with Gasteiger partial charge in [0.2, 0.25) is 0 Å². The Morgan fingerprint density at radius 1 is 0.625 bits per heavy atom. The van der Waals surface area contributed by atoms with Crippen LogP contribution >= 0.6 is 0 Å². The zero-order valence-electron chi connectivity index (χ0n) is 27.1. The van der Waals surface area contributed by atoms with E-state index in [1.807, 2.05) is 24.3 Å². The van der Waals surface area contributed by atoms with Gasteiger partial charge in [-0.25, -0.2) is 4.79 Å². The molecule has 4 unspecified atom stereocenters. The Hall–Kier alpha value is -5.61. The zero-order valence-corrected chi connectivity index (χ0v) is 27.1. The molecule has 2 aliphatic rings. The Balaban J connectivity index is 1.71. The maximum absolute atomic E-state index is 15.1. The van der Waals surface area contributed by atoms with E-state index in [0.29, 0.717) is 33.8 Å². The lowest BCUT2D eigenvalue weighted by molar-refractivity contribution is 0.0386. The number of urea groups is 1. The van der Waals surface area contributed by atoms with Gasteiger partial charge in [0.1, 0.15) is 28.6 Å². The fourth-order valence-corrected chi connectivity index (χ4v) is 7.26. The van der Waals surface area contributed by atoms with Crippen molar-refractivity contribution in [3.63, 3.8) is 0 Å². The number of carbonyl (C=O) groups is 3. The highest BCUT2D eigenvalue weighted by atomic mass is 16.5. The quantitative estimate of drug-likeness (QED) is 0.201. The van der Waals surface area contributed by atoms with Crippen LogP contribution in [0.25, 0.3) is 0 Å². The van der Waals surface area contributed by atoms with Crippen molar-refractivity contribution in [2.75, 3.05) is 28.3 Å². The Morgan fingerprint density at radius 3 is 1.31 bits per heavy atom. The summed E-state index contributed by atoms with van der Waals surface area (Å²) < 4.78 is 10.9. The fourth-order valence-electron chi connectivity index (χ4n) is 7.26. The first-order valence-corrected chi connectivity index (χ1v) is 15.6. The molecule has 1 spiro atoms. The maximum atomic E-state index is 15.1. The van der Waals surface area contributed by atoms with Gasteiger partial charge in [0.05, 0.1) is 26.1 Å². The molecule has 2 aliphatic heterocycles. The molecule has 10 heteroatoms. The van der Waals surface area contributed by atoms with Gasteiger partial charge < -0.3 is 14.8 Å². The number of hydrogen-bond acceptors (Lipinski definition) is 8. The van der Waals surface area contributed by atoms with Crippen molar-refractivity contribution in [1.82, 2.24) is 15.1 Å². The predicted octanol–water partition coefficient (Wildman–Crippen LogP) is 6.03. The summed E-state index contributed by atoms with van der Waals surface area (Å²) in [6.45, 7) is 0. The van der Waals surface area contributed by atoms with E-state index in [0.717, 1.165) is 9.80 Å². The number of piperidine rings is 1. The second kappa shape index (κ2) is 12.9. The van der Waals surface area contributed by atoms with E-state index >= 15 is 9.59 Å². The van der Waals surface area contributed by atoms with Crippen LogP contribution in [0.15, 0.2) is 109 Å². The molecule has 4 aromatic carbocycles. The molecular weight excluding hydrogens is 606 g/mol. The molecule has 244 valence electrons. The lowest BCUT2D eigenvalue weighted by atomic mass is 9.52. The van der Waals surface area contributed by atoms with Crippen molar-refractivity contribution in [2.45, 2.75) is 12.1 Å². The monoisotopic (exact) mass is 643 g/mol. The lowest BCUT2D eigenvalue weighted by Gasteiger charge is -2.59. The number of benzene rings is 4. The molecule has 0 aliphatic carbocycles. The maximum Gasteiger partial charge on any atom is 0.330 e. The summed E-state index contributed by atoms with van der Waals surface area (Å²) in [6.07, 6.45) is 0. The third-order valence-electron chi connectivity index (χ3n) is 9.67. The lowest BCUT2D eigenvalue weighted by Crippen LogP contribution is -2.74. The molecule has 3 N–H and O–H groups in total. The third kappa shape index (κ3) is 5.14. The highest BCUT2D eigenvalue weighted by Gasteiger charge is 2.69. The molecule has 2 amide bonds. The van der Waals surface area contributed by atoms with E-state index in [1.165, 1.54) is 14.1 Å². The third-order valence-corrected chi connectivity index (χ3v) is 9.67. The number of rotatable bonds is 8. The first-order chi connectivity index (χ1) is 23.1. The second-order valence-electron chi connectivity index (χ2n) is 12.1. The standard InChI is InChI=1S/C38H37N5O5/c1-42-35(39)38(36(40)43(2)37(42)46)29(33(44)25-11-7-5-8-12-25)31(23-15-19-27(47-3)20-16-23)41-32(24-17-21-28(48-4)22-18-24)30(38)34(45)26-13-9-6-10-14-26/h5-22,29-32,39-41H,1-4H3. The SMILES string of the molecule is COc1ccc(C2NC(c3ccc(OC)cc3)C(C(=O)c3ccccc3)C3(C(=N)N(C)C(=O)N(C)C3=N)C2C(=O)c2ccccc2)cc1. The van der Waals surface area contributed by atoms with Gasteiger partial charge in [0.25, 0.3) is 0 Å². The van der Waals surface area contributed by atoms with Crippen molar-refractivity contribution in [2.24, 2.45) is 17.3 Å². The summed E-state index contributed by atoms with van der Waals surface area (Å²) in [7, 11) is 6.04. The number of ether oxygens (including phenoxy) is 2. The van der Waals surface area contributed by atoms with Crippen LogP contribution in [0.4, 0.5) is 4.79 Å². The summed E-state index contributed by atoms with van der Waals surface area (Å²) >= 11 is 0. The van der Waals surface area contributed by atoms with Gasteiger partial charge in [-0.05, 0) is 35.4 Å². The van der Waals surface area contributed by atoms with Crippen LogP contribution in [0, 0.1) is 28.1 Å². The predicted molar refractivity (Wildman–Crippen MR) is 182 cm³/mol. The Kier molecular flexibility index (Phi) is 8.68. The fraction of sp³-hybridized carbons (Fsp3) is 0.237. The largest absolute Gasteiger partial charge is 0.497 e. The van der Waals surface area contributed by atoms with Gasteiger partial charge in [-0.15, -0.1) is 0 Å². The first-order valence-electron chi connectivity index (χ1n) is 15.6. The number of hydrogen-bond donors (Lipinski definition) is 3. The van der Waals surface area contributed by atoms with E-state index in [4.69, 9.17) is 9.47 Å². The van der Waals surface area contributed by atoms with Gasteiger partial charge in [-0.1, -0.05) is 84.9 Å². The summed E-state index contributed by atoms with van der Waals surface area (Å²) in [6, 6.07) is 29.7. The number of Topliss-reactive ketones (excluding diaryl/α,β-unsaturated/α-hetero) is 2. The average Bonchev–Trinajstić information content (AvgIpc) is 3.15. The minimum atomic E-state index is -1.91. The van der Waals surface area contributed by atoms with Crippen LogP contribution in [0.2, 0.25) is 0 Å². The molecule has 0 bridgehead atoms. The highest BCUT2D eigenvalue weighted by molar-refractivity contribution is 6.26. The number of nitrogens with zero attached hydrogens (tertiary/aromatic N) is 2. The van der Waals surface area contributed by atoms with Gasteiger partial charge in [0.15, 0.2) is 11.6 Å². The molecule has 0 aromatic heterocycles. The normalized spacial score (nSPS) is 24.0. The Morgan fingerprint density at radius 2 is 0.979 bits per heavy atom. The highest BCUT2D eigenvalue weighted by Crippen LogP contribution is 2.57. The van der Waals surface area contributed by atoms with E-state index in [2.05, 4.69) is 5.32 Å². The van der Waals surface area contributed by atoms with Crippen LogP contribution in [-0.4, -0.2) is 67.4 Å². The number of amidine groups is 2. The van der Waals surface area contributed by atoms with Crippen LogP contribution in [0.3, 0.4) is 0 Å². The van der Waals surface area contributed by atoms with Gasteiger partial charge in [-0.2, -0.15) is 0 Å². The summed E-state index contributed by atoms with van der Waals surface area (Å²) in [4.78, 5) is 45.9. The van der Waals surface area contributed by atoms with Crippen molar-refractivity contribution in [3.8, 4) is 11.5 Å². The molecule has 48 heavy (non-hydrogen) atoms. The average molecular weight is 644 g/mol. The van der Waals surface area contributed by atoms with Crippen LogP contribution < -0.4 is 14.8 Å². The van der Waals surface area contributed by atoms with E-state index in [9.17, 15) is 15.6 Å². The van der Waals surface area contributed by atoms with E-state index in [-0.39, 0.29) is 23.2 Å². The molecule has 4 atom stereocenters. The first kappa shape index (κ1) is 32.3. The van der Waals surface area contributed by atoms with E-state index in [1.54, 1.807) is 99.1 Å². The summed E-state index contributed by atoms with van der Waals surface area (Å²) in [5.74, 6) is -2.51. The minimum absolute atomic E-state index is 0.294. The molecular formula is C38H37N5O5. The molecule has 10 nitrogen and oxygen atoms in total. The van der Waals surface area contributed by atoms with Crippen LogP contribution in [-0.2, 0) is 0 Å².